The molecule has 0 saturated heterocycles. The number of alkyl halides is 2. The van der Waals surface area contributed by atoms with Gasteiger partial charge in [0, 0.05) is 24.5 Å². The summed E-state index contributed by atoms with van der Waals surface area (Å²) in [6.45, 7) is 13.3. The summed E-state index contributed by atoms with van der Waals surface area (Å²) >= 11 is 0. The lowest BCUT2D eigenvalue weighted by Gasteiger charge is -2.50. The molecule has 2 atom stereocenters. The lowest BCUT2D eigenvalue weighted by atomic mass is 9.75. The van der Waals surface area contributed by atoms with E-state index in [4.69, 9.17) is 0 Å². The van der Waals surface area contributed by atoms with Crippen molar-refractivity contribution < 1.29 is 23.0 Å². The Bertz CT molecular complexity index is 1240. The van der Waals surface area contributed by atoms with Gasteiger partial charge in [-0.1, -0.05) is 38.3 Å². The number of amidine groups is 1. The van der Waals surface area contributed by atoms with Crippen LogP contribution < -0.4 is 0 Å². The highest BCUT2D eigenvalue weighted by Crippen LogP contribution is 2.42. The van der Waals surface area contributed by atoms with Crippen LogP contribution in [0.1, 0.15) is 40.0 Å². The molecule has 0 bridgehead atoms. The first-order chi connectivity index (χ1) is 18.9. The molecule has 0 aromatic rings. The van der Waals surface area contributed by atoms with E-state index in [9.17, 15) is 23.5 Å². The molecule has 1 saturated carbocycles. The fourth-order valence-electron chi connectivity index (χ4n) is 4.48. The zero-order chi connectivity index (χ0) is 30.0. The quantitative estimate of drug-likeness (QED) is 0.193. The number of hydrogen-bond acceptors (Lipinski definition) is 6. The molecule has 0 aromatic carbocycles. The zero-order valence-corrected chi connectivity index (χ0v) is 23.4. The summed E-state index contributed by atoms with van der Waals surface area (Å²) in [5.41, 5.74) is 0.186. The Kier molecular flexibility index (Phi) is 11.6. The van der Waals surface area contributed by atoms with Crippen LogP contribution in [0.2, 0.25) is 0 Å². The maximum absolute atomic E-state index is 13.4. The lowest BCUT2D eigenvalue weighted by molar-refractivity contribution is -0.0920. The van der Waals surface area contributed by atoms with E-state index >= 15 is 0 Å². The van der Waals surface area contributed by atoms with Crippen LogP contribution in [0.25, 0.3) is 0 Å². The molecule has 2 rings (SSSR count). The van der Waals surface area contributed by atoms with E-state index in [0.717, 1.165) is 19.3 Å². The van der Waals surface area contributed by atoms with Crippen LogP contribution in [0.3, 0.4) is 0 Å². The fraction of sp³-hybridized carbons (Fsp3) is 0.355. The third-order valence-corrected chi connectivity index (χ3v) is 6.77. The molecule has 1 aliphatic carbocycles. The largest absolute Gasteiger partial charge is 0.435 e. The lowest BCUT2D eigenvalue weighted by Crippen LogP contribution is -2.60. The van der Waals surface area contributed by atoms with Gasteiger partial charge in [0.15, 0.2) is 5.72 Å². The molecule has 1 aliphatic heterocycles. The molecule has 40 heavy (non-hydrogen) atoms. The van der Waals surface area contributed by atoms with E-state index in [-0.39, 0.29) is 17.5 Å². The average molecular weight is 555 g/mol. The molecule has 0 spiro atoms. The smallest absolute Gasteiger partial charge is 0.387 e. The summed E-state index contributed by atoms with van der Waals surface area (Å²) in [6, 6.07) is 1.58. The summed E-state index contributed by atoms with van der Waals surface area (Å²) in [7, 11) is 1.75. The molecule has 0 radical (unpaired) electrons. The molecule has 1 heterocycles. The van der Waals surface area contributed by atoms with Gasteiger partial charge in [-0.3, -0.25) is 0 Å². The van der Waals surface area contributed by atoms with E-state index in [2.05, 4.69) is 35.5 Å². The summed E-state index contributed by atoms with van der Waals surface area (Å²) < 4.78 is 43.1. The molecule has 2 aliphatic rings. The first-order valence-corrected chi connectivity index (χ1v) is 12.8. The van der Waals surface area contributed by atoms with Crippen LogP contribution in [0.4, 0.5) is 13.2 Å². The van der Waals surface area contributed by atoms with Gasteiger partial charge in [-0.15, -0.1) is 0 Å². The minimum Gasteiger partial charge on any atom is -0.435 e. The molecule has 1 fully saturated rings. The molecule has 9 heteroatoms. The van der Waals surface area contributed by atoms with Gasteiger partial charge in [0.05, 0.1) is 11.7 Å². The topological polar surface area (TPSA) is 72.1 Å². The predicted molar refractivity (Wildman–Crippen MR) is 153 cm³/mol. The number of aliphatic imine (C=N–C) groups is 1. The SMILES string of the molecule is C=CC1=C(/C=C(\C)N(C)/C=C/C=C(\C=C/C)OC(F)F)C(C)(O)N(C(C(=C)/C=C\C(=C)F)C2CCC2)C(C#N)=N1. The third-order valence-electron chi connectivity index (χ3n) is 6.77. The monoisotopic (exact) mass is 554 g/mol. The normalized spacial score (nSPS) is 21.6. The van der Waals surface area contributed by atoms with Crippen molar-refractivity contribution in [2.75, 3.05) is 7.05 Å². The van der Waals surface area contributed by atoms with Gasteiger partial charge in [-0.2, -0.15) is 14.0 Å². The molecular formula is C31H37F3N4O2. The average Bonchev–Trinajstić information content (AvgIpc) is 2.85. The zero-order valence-electron chi connectivity index (χ0n) is 23.4. The molecule has 0 aromatic heterocycles. The standard InChI is InChI=1S/C31H37F3N4O2/c1-8-12-25(40-30(33)34)15-11-18-37(7)23(5)19-26-27(9-2)36-28(20-35)38(31(26,6)39)29(24-13-10-14-24)21(3)16-17-22(4)32/h8-9,11-12,15-19,24,29-30,39H,2-4,10,13-14H2,1,5-7H3/b12-8-,17-16-,18-11+,23-19+,25-15+. The van der Waals surface area contributed by atoms with Crippen molar-refractivity contribution in [3.8, 4) is 6.07 Å². The van der Waals surface area contributed by atoms with Crippen molar-refractivity contribution in [2.45, 2.75) is 58.4 Å². The number of aliphatic hydroxyl groups is 1. The van der Waals surface area contributed by atoms with E-state index in [1.165, 1.54) is 30.4 Å². The van der Waals surface area contributed by atoms with Crippen LogP contribution >= 0.6 is 0 Å². The van der Waals surface area contributed by atoms with E-state index in [1.54, 1.807) is 62.0 Å². The number of nitrogens with zero attached hydrogens (tertiary/aromatic N) is 4. The van der Waals surface area contributed by atoms with Crippen molar-refractivity contribution in [3.05, 3.63) is 109 Å². The summed E-state index contributed by atoms with van der Waals surface area (Å²) in [4.78, 5) is 7.77. The second-order valence-corrected chi connectivity index (χ2v) is 9.62. The van der Waals surface area contributed by atoms with Crippen molar-refractivity contribution in [1.29, 1.82) is 5.26 Å². The summed E-state index contributed by atoms with van der Waals surface area (Å²) in [6.07, 6.45) is 16.2. The predicted octanol–water partition coefficient (Wildman–Crippen LogP) is 7.19. The number of rotatable bonds is 13. The van der Waals surface area contributed by atoms with Gasteiger partial charge in [-0.25, -0.2) is 9.38 Å². The first kappa shape index (κ1) is 32.2. The summed E-state index contributed by atoms with van der Waals surface area (Å²) in [5, 5.41) is 22.0. The second kappa shape index (κ2) is 14.4. The number of hydrogen-bond donors (Lipinski definition) is 1. The van der Waals surface area contributed by atoms with Crippen LogP contribution in [0.15, 0.2) is 114 Å². The van der Waals surface area contributed by atoms with Crippen LogP contribution in [0, 0.1) is 17.2 Å². The molecular weight excluding hydrogens is 517 g/mol. The fourth-order valence-corrected chi connectivity index (χ4v) is 4.48. The van der Waals surface area contributed by atoms with Crippen molar-refractivity contribution >= 4 is 5.84 Å². The minimum atomic E-state index is -2.94. The van der Waals surface area contributed by atoms with Crippen molar-refractivity contribution in [3.63, 3.8) is 0 Å². The van der Waals surface area contributed by atoms with E-state index < -0.39 is 24.2 Å². The van der Waals surface area contributed by atoms with Crippen molar-refractivity contribution in [1.82, 2.24) is 9.80 Å². The van der Waals surface area contributed by atoms with Gasteiger partial charge in [0.2, 0.25) is 5.84 Å². The maximum atomic E-state index is 13.4. The van der Waals surface area contributed by atoms with Gasteiger partial charge in [0.1, 0.15) is 17.7 Å². The summed E-state index contributed by atoms with van der Waals surface area (Å²) in [5.74, 6) is -0.567. The molecule has 214 valence electrons. The Morgan fingerprint density at radius 2 is 1.98 bits per heavy atom. The molecule has 1 N–H and O–H groups in total. The maximum Gasteiger partial charge on any atom is 0.387 e. The Labute approximate surface area is 235 Å². The van der Waals surface area contributed by atoms with E-state index in [1.807, 2.05) is 0 Å². The molecule has 2 unspecified atom stereocenters. The van der Waals surface area contributed by atoms with Crippen LogP contribution in [-0.2, 0) is 4.74 Å². The van der Waals surface area contributed by atoms with E-state index in [0.29, 0.717) is 22.5 Å². The van der Waals surface area contributed by atoms with Gasteiger partial charge >= 0.3 is 6.61 Å². The highest BCUT2D eigenvalue weighted by atomic mass is 19.3. The molecule has 6 nitrogen and oxygen atoms in total. The number of halogens is 3. The Balaban J connectivity index is 2.52. The second-order valence-electron chi connectivity index (χ2n) is 9.62. The first-order valence-electron chi connectivity index (χ1n) is 12.8. The Hall–Kier alpha value is -4.03. The highest BCUT2D eigenvalue weighted by Gasteiger charge is 2.47. The number of ether oxygens (including phenoxy) is 1. The van der Waals surface area contributed by atoms with Gasteiger partial charge < -0.3 is 19.6 Å². The Morgan fingerprint density at radius 1 is 1.30 bits per heavy atom. The van der Waals surface area contributed by atoms with Crippen molar-refractivity contribution in [2.24, 2.45) is 10.9 Å². The minimum absolute atomic E-state index is 0.00249. The highest BCUT2D eigenvalue weighted by molar-refractivity contribution is 5.99. The number of allylic oxidation sites excluding steroid dienone is 8. The van der Waals surface area contributed by atoms with Gasteiger partial charge in [-0.05, 0) is 81.6 Å². The van der Waals surface area contributed by atoms with Crippen LogP contribution in [-0.4, -0.2) is 46.2 Å². The van der Waals surface area contributed by atoms with Crippen LogP contribution in [0.5, 0.6) is 0 Å². The van der Waals surface area contributed by atoms with Gasteiger partial charge in [0.25, 0.3) is 0 Å². The Morgan fingerprint density at radius 3 is 2.48 bits per heavy atom. The number of nitriles is 1. The third kappa shape index (κ3) is 7.99. The molecule has 0 amide bonds.